The van der Waals surface area contributed by atoms with Gasteiger partial charge in [-0.05, 0) is 48.7 Å². The molecule has 0 amide bonds. The van der Waals surface area contributed by atoms with Crippen molar-refractivity contribution in [3.63, 3.8) is 0 Å². The van der Waals surface area contributed by atoms with Crippen molar-refractivity contribution < 1.29 is 9.47 Å². The summed E-state index contributed by atoms with van der Waals surface area (Å²) >= 11 is 0. The van der Waals surface area contributed by atoms with Crippen molar-refractivity contribution in [1.82, 2.24) is 10.3 Å². The number of aryl methyl sites for hydroxylation is 1. The highest BCUT2D eigenvalue weighted by Gasteiger charge is 2.16. The molecule has 0 atom stereocenters. The van der Waals surface area contributed by atoms with Crippen molar-refractivity contribution in [2.75, 3.05) is 14.2 Å². The molecule has 0 unspecified atom stereocenters. The Morgan fingerprint density at radius 2 is 1.53 bits per heavy atom. The molecule has 2 N–H and O–H groups in total. The lowest BCUT2D eigenvalue weighted by Gasteiger charge is -2.19. The third kappa shape index (κ3) is 4.00. The van der Waals surface area contributed by atoms with E-state index >= 15 is 0 Å². The number of fused-ring (bicyclic) bond motifs is 1. The first-order valence-electron chi connectivity index (χ1n) is 10.6. The monoisotopic (exact) mass is 424 g/mol. The average molecular weight is 425 g/mol. The van der Waals surface area contributed by atoms with Gasteiger partial charge in [-0.2, -0.15) is 0 Å². The maximum Gasteiger partial charge on any atom is 0.161 e. The van der Waals surface area contributed by atoms with Crippen molar-refractivity contribution in [1.29, 1.82) is 0 Å². The number of hydrogen-bond donors (Lipinski definition) is 2. The van der Waals surface area contributed by atoms with Crippen LogP contribution >= 0.6 is 0 Å². The zero-order valence-electron chi connectivity index (χ0n) is 19.0. The smallest absolute Gasteiger partial charge is 0.161 e. The van der Waals surface area contributed by atoms with Crippen LogP contribution in [-0.2, 0) is 0 Å². The zero-order valence-corrected chi connectivity index (χ0v) is 19.0. The molecule has 0 radical (unpaired) electrons. The first-order valence-corrected chi connectivity index (χ1v) is 10.6. The molecular weight excluding hydrogens is 396 g/mol. The lowest BCUT2D eigenvalue weighted by molar-refractivity contribution is 0.355. The van der Waals surface area contributed by atoms with Crippen LogP contribution in [0.1, 0.15) is 29.3 Å². The molecule has 0 aliphatic carbocycles. The molecule has 0 bridgehead atoms. The van der Waals surface area contributed by atoms with Crippen LogP contribution in [-0.4, -0.2) is 19.2 Å². The molecule has 4 rings (SSSR count). The first kappa shape index (κ1) is 21.3. The number of benzene rings is 3. The lowest BCUT2D eigenvalue weighted by atomic mass is 9.99. The minimum atomic E-state index is 0.697. The number of aromatic nitrogens is 1. The fourth-order valence-electron chi connectivity index (χ4n) is 4.08. The molecule has 0 aliphatic heterocycles. The zero-order chi connectivity index (χ0) is 22.7. The van der Waals surface area contributed by atoms with Gasteiger partial charge >= 0.3 is 0 Å². The fourth-order valence-corrected chi connectivity index (χ4v) is 4.08. The number of allylic oxidation sites excluding steroid dienone is 1. The number of rotatable bonds is 7. The van der Waals surface area contributed by atoms with Gasteiger partial charge in [0.05, 0.1) is 14.2 Å². The Kier molecular flexibility index (Phi) is 6.04. The van der Waals surface area contributed by atoms with Gasteiger partial charge < -0.3 is 19.8 Å². The lowest BCUT2D eigenvalue weighted by Crippen LogP contribution is -2.12. The van der Waals surface area contributed by atoms with Gasteiger partial charge in [-0.1, -0.05) is 61.2 Å². The van der Waals surface area contributed by atoms with Crippen molar-refractivity contribution >= 4 is 27.9 Å². The van der Waals surface area contributed by atoms with Crippen LogP contribution in [0.5, 0.6) is 11.5 Å². The first-order chi connectivity index (χ1) is 15.5. The Bertz CT molecular complexity index is 1300. The summed E-state index contributed by atoms with van der Waals surface area (Å²) in [5.74, 6) is 1.40. The summed E-state index contributed by atoms with van der Waals surface area (Å²) in [5, 5.41) is 4.78. The van der Waals surface area contributed by atoms with E-state index in [1.807, 2.05) is 42.5 Å². The summed E-state index contributed by atoms with van der Waals surface area (Å²) < 4.78 is 10.9. The predicted octanol–water partition coefficient (Wildman–Crippen LogP) is 6.64. The number of H-pyrrole nitrogens is 1. The van der Waals surface area contributed by atoms with Crippen LogP contribution in [0.4, 0.5) is 0 Å². The highest BCUT2D eigenvalue weighted by molar-refractivity contribution is 5.98. The number of ether oxygens (including phenoxy) is 2. The van der Waals surface area contributed by atoms with E-state index in [1.54, 1.807) is 14.2 Å². The van der Waals surface area contributed by atoms with E-state index in [1.165, 1.54) is 0 Å². The largest absolute Gasteiger partial charge is 0.493 e. The summed E-state index contributed by atoms with van der Waals surface area (Å²) in [4.78, 5) is 3.46. The Hall–Kier alpha value is -3.92. The minimum absolute atomic E-state index is 0.697. The molecule has 0 fully saturated rings. The normalized spacial score (nSPS) is 11.8. The van der Waals surface area contributed by atoms with Crippen molar-refractivity contribution in [2.24, 2.45) is 0 Å². The Morgan fingerprint density at radius 1 is 0.844 bits per heavy atom. The SMILES string of the molecule is C=C(N/C(=C(\C)c1ccc(OC)c(OC)c1)c1ccccc1)c1c(C)[nH]c2ccccc12. The molecule has 4 heteroatoms. The molecule has 0 aliphatic rings. The quantitative estimate of drug-likeness (QED) is 0.327. The third-order valence-electron chi connectivity index (χ3n) is 5.73. The maximum absolute atomic E-state index is 5.53. The Morgan fingerprint density at radius 3 is 2.25 bits per heavy atom. The van der Waals surface area contributed by atoms with E-state index in [9.17, 15) is 0 Å². The van der Waals surface area contributed by atoms with E-state index in [-0.39, 0.29) is 0 Å². The topological polar surface area (TPSA) is 46.3 Å². The van der Waals surface area contributed by atoms with Crippen LogP contribution in [0.3, 0.4) is 0 Å². The molecule has 1 heterocycles. The molecule has 1 aromatic heterocycles. The van der Waals surface area contributed by atoms with E-state index < -0.39 is 0 Å². The molecule has 4 aromatic rings. The number of hydrogen-bond acceptors (Lipinski definition) is 3. The van der Waals surface area contributed by atoms with Crippen molar-refractivity contribution in [2.45, 2.75) is 13.8 Å². The molecule has 32 heavy (non-hydrogen) atoms. The molecular formula is C28H28N2O2. The summed E-state index contributed by atoms with van der Waals surface area (Å²) in [6.07, 6.45) is 0. The second kappa shape index (κ2) is 9.06. The van der Waals surface area contributed by atoms with Gasteiger partial charge in [0.25, 0.3) is 0 Å². The van der Waals surface area contributed by atoms with Gasteiger partial charge in [0.1, 0.15) is 0 Å². The summed E-state index contributed by atoms with van der Waals surface area (Å²) in [6.45, 7) is 8.58. The van der Waals surface area contributed by atoms with E-state index in [4.69, 9.17) is 9.47 Å². The van der Waals surface area contributed by atoms with Crippen molar-refractivity contribution in [3.05, 3.63) is 102 Å². The second-order valence-electron chi connectivity index (χ2n) is 7.71. The number of para-hydroxylation sites is 1. The minimum Gasteiger partial charge on any atom is -0.493 e. The number of methoxy groups -OCH3 is 2. The van der Waals surface area contributed by atoms with Crippen molar-refractivity contribution in [3.8, 4) is 11.5 Å². The third-order valence-corrected chi connectivity index (χ3v) is 5.73. The average Bonchev–Trinajstić information content (AvgIpc) is 3.17. The van der Waals surface area contributed by atoms with Gasteiger partial charge in [0, 0.05) is 33.6 Å². The molecule has 0 saturated carbocycles. The van der Waals surface area contributed by atoms with Crippen LogP contribution in [0, 0.1) is 6.92 Å². The highest BCUT2D eigenvalue weighted by Crippen LogP contribution is 2.34. The van der Waals surface area contributed by atoms with Crippen LogP contribution in [0.2, 0.25) is 0 Å². The van der Waals surface area contributed by atoms with E-state index in [2.05, 4.69) is 61.1 Å². The molecule has 0 spiro atoms. The Balaban J connectivity index is 1.81. The summed E-state index contributed by atoms with van der Waals surface area (Å²) in [7, 11) is 3.30. The van der Waals surface area contributed by atoms with E-state index in [0.717, 1.165) is 50.3 Å². The summed E-state index contributed by atoms with van der Waals surface area (Å²) in [5.41, 5.74) is 8.32. The maximum atomic E-state index is 5.53. The van der Waals surface area contributed by atoms with E-state index in [0.29, 0.717) is 11.5 Å². The fraction of sp³-hybridized carbons (Fsp3) is 0.143. The number of nitrogens with one attached hydrogen (secondary N) is 2. The van der Waals surface area contributed by atoms with Crippen LogP contribution in [0.15, 0.2) is 79.4 Å². The Labute approximate surface area is 189 Å². The molecule has 3 aromatic carbocycles. The standard InChI is InChI=1S/C28H28N2O2/c1-18(22-15-16-25(31-4)26(17-22)32-5)28(21-11-7-6-8-12-21)30-20(3)27-19(2)29-24-14-10-9-13-23(24)27/h6-17,29-30H,3H2,1-2,4-5H3/b28-18+. The highest BCUT2D eigenvalue weighted by atomic mass is 16.5. The van der Waals surface area contributed by atoms with Gasteiger partial charge in [0.2, 0.25) is 0 Å². The molecule has 162 valence electrons. The van der Waals surface area contributed by atoms with Gasteiger partial charge in [-0.15, -0.1) is 0 Å². The van der Waals surface area contributed by atoms with Gasteiger partial charge in [-0.3, -0.25) is 0 Å². The number of aromatic amines is 1. The summed E-state index contributed by atoms with van der Waals surface area (Å²) in [6, 6.07) is 24.6. The van der Waals surface area contributed by atoms with Gasteiger partial charge in [0.15, 0.2) is 11.5 Å². The molecule has 0 saturated heterocycles. The second-order valence-corrected chi connectivity index (χ2v) is 7.71. The van der Waals surface area contributed by atoms with Gasteiger partial charge in [-0.25, -0.2) is 0 Å². The molecule has 4 nitrogen and oxygen atoms in total. The van der Waals surface area contributed by atoms with Crippen LogP contribution < -0.4 is 14.8 Å². The van der Waals surface area contributed by atoms with Crippen LogP contribution in [0.25, 0.3) is 27.9 Å². The predicted molar refractivity (Wildman–Crippen MR) is 134 cm³/mol.